The lowest BCUT2D eigenvalue weighted by Gasteiger charge is -2.30. The summed E-state index contributed by atoms with van der Waals surface area (Å²) in [6.45, 7) is 1.25. The number of fused-ring (bicyclic) bond motifs is 1. The molecule has 1 atom stereocenters. The predicted molar refractivity (Wildman–Crippen MR) is 143 cm³/mol. The fourth-order valence-electron chi connectivity index (χ4n) is 4.14. The third-order valence-electron chi connectivity index (χ3n) is 6.27. The Balaban J connectivity index is 1.60. The van der Waals surface area contributed by atoms with E-state index in [1.54, 1.807) is 73.7 Å². The van der Waals surface area contributed by atoms with Crippen molar-refractivity contribution in [2.45, 2.75) is 19.5 Å². The molecule has 3 aromatic carbocycles. The molecule has 0 aromatic heterocycles. The van der Waals surface area contributed by atoms with Crippen molar-refractivity contribution in [3.8, 4) is 11.5 Å². The Morgan fingerprint density at radius 3 is 2.39 bits per heavy atom. The lowest BCUT2D eigenvalue weighted by molar-refractivity contribution is -0.138. The van der Waals surface area contributed by atoms with E-state index in [1.165, 1.54) is 19.1 Å². The van der Waals surface area contributed by atoms with Gasteiger partial charge < -0.3 is 19.7 Å². The van der Waals surface area contributed by atoms with E-state index in [4.69, 9.17) is 21.1 Å². The highest BCUT2D eigenvalue weighted by Crippen LogP contribution is 2.30. The number of rotatable bonds is 9. The van der Waals surface area contributed by atoms with Gasteiger partial charge in [-0.25, -0.2) is 0 Å². The first-order valence-corrected chi connectivity index (χ1v) is 12.1. The molecule has 0 bridgehead atoms. The van der Waals surface area contributed by atoms with Crippen LogP contribution in [0, 0.1) is 0 Å². The Morgan fingerprint density at radius 2 is 1.71 bits per heavy atom. The van der Waals surface area contributed by atoms with Crippen molar-refractivity contribution in [2.24, 2.45) is 0 Å². The topological polar surface area (TPSA) is 105 Å². The van der Waals surface area contributed by atoms with Crippen molar-refractivity contribution in [3.05, 3.63) is 82.9 Å². The molecule has 1 N–H and O–H groups in total. The standard InChI is InChI=1S/C28H26ClN3O6/c1-17(27(35)30-22-13-12-20(37-2)14-24(22)38-3)31(15-18-8-10-19(29)11-9-18)25(33)16-32-23-7-5-4-6-21(23)26(34)28(32)36/h4-14,17H,15-16H2,1-3H3,(H,30,35). The van der Waals surface area contributed by atoms with Crippen LogP contribution in [0.3, 0.4) is 0 Å². The zero-order valence-corrected chi connectivity index (χ0v) is 21.8. The first-order chi connectivity index (χ1) is 18.2. The average molecular weight is 536 g/mol. The van der Waals surface area contributed by atoms with E-state index in [9.17, 15) is 19.2 Å². The first-order valence-electron chi connectivity index (χ1n) is 11.8. The van der Waals surface area contributed by atoms with E-state index in [1.807, 2.05) is 0 Å². The molecule has 38 heavy (non-hydrogen) atoms. The van der Waals surface area contributed by atoms with Gasteiger partial charge in [-0.2, -0.15) is 0 Å². The molecule has 3 amide bonds. The van der Waals surface area contributed by atoms with Crippen molar-refractivity contribution in [2.75, 3.05) is 31.0 Å². The molecule has 10 heteroatoms. The molecule has 1 unspecified atom stereocenters. The number of Topliss-reactive ketones (excluding diaryl/α,β-unsaturated/α-hetero) is 1. The monoisotopic (exact) mass is 535 g/mol. The minimum absolute atomic E-state index is 0.0714. The van der Waals surface area contributed by atoms with Crippen LogP contribution < -0.4 is 19.7 Å². The minimum Gasteiger partial charge on any atom is -0.497 e. The second kappa shape index (κ2) is 11.4. The van der Waals surface area contributed by atoms with Crippen LogP contribution in [0.2, 0.25) is 5.02 Å². The van der Waals surface area contributed by atoms with Crippen LogP contribution in [0.4, 0.5) is 11.4 Å². The molecule has 196 valence electrons. The maximum atomic E-state index is 13.6. The summed E-state index contributed by atoms with van der Waals surface area (Å²) in [5.41, 5.74) is 1.74. The number of hydrogen-bond donors (Lipinski definition) is 1. The van der Waals surface area contributed by atoms with E-state index in [0.717, 1.165) is 10.5 Å². The fourth-order valence-corrected chi connectivity index (χ4v) is 4.27. The lowest BCUT2D eigenvalue weighted by Crippen LogP contribution is -2.49. The normalized spacial score (nSPS) is 13.1. The van der Waals surface area contributed by atoms with Crippen LogP contribution in [-0.4, -0.2) is 55.2 Å². The number of ketones is 1. The van der Waals surface area contributed by atoms with Crippen LogP contribution in [0.15, 0.2) is 66.7 Å². The highest BCUT2D eigenvalue weighted by atomic mass is 35.5. The number of amides is 3. The van der Waals surface area contributed by atoms with Gasteiger partial charge in [-0.1, -0.05) is 35.9 Å². The molecular weight excluding hydrogens is 510 g/mol. The number of anilines is 2. The number of halogens is 1. The molecule has 3 aromatic rings. The van der Waals surface area contributed by atoms with E-state index >= 15 is 0 Å². The summed E-state index contributed by atoms with van der Waals surface area (Å²) >= 11 is 6.01. The number of carbonyl (C=O) groups excluding carboxylic acids is 4. The largest absolute Gasteiger partial charge is 0.497 e. The number of para-hydroxylation sites is 1. The SMILES string of the molecule is COc1ccc(NC(=O)C(C)N(Cc2ccc(Cl)cc2)C(=O)CN2C(=O)C(=O)c3ccccc32)c(OC)c1. The molecule has 1 aliphatic heterocycles. The van der Waals surface area contributed by atoms with Gasteiger partial charge in [-0.05, 0) is 48.9 Å². The third-order valence-corrected chi connectivity index (χ3v) is 6.52. The summed E-state index contributed by atoms with van der Waals surface area (Å²) in [7, 11) is 2.99. The zero-order valence-electron chi connectivity index (χ0n) is 21.1. The third kappa shape index (κ3) is 5.47. The molecule has 1 heterocycles. The van der Waals surface area contributed by atoms with Crippen LogP contribution in [0.25, 0.3) is 0 Å². The number of ether oxygens (including phenoxy) is 2. The fraction of sp³-hybridized carbons (Fsp3) is 0.214. The van der Waals surface area contributed by atoms with Gasteiger partial charge in [0.05, 0.1) is 31.2 Å². The Morgan fingerprint density at radius 1 is 1.00 bits per heavy atom. The summed E-state index contributed by atoms with van der Waals surface area (Å²) in [6, 6.07) is 17.4. The van der Waals surface area contributed by atoms with Crippen molar-refractivity contribution >= 4 is 46.5 Å². The maximum Gasteiger partial charge on any atom is 0.299 e. The lowest BCUT2D eigenvalue weighted by atomic mass is 10.1. The highest BCUT2D eigenvalue weighted by Gasteiger charge is 2.38. The zero-order chi connectivity index (χ0) is 27.4. The van der Waals surface area contributed by atoms with Crippen LogP contribution >= 0.6 is 11.6 Å². The maximum absolute atomic E-state index is 13.6. The van der Waals surface area contributed by atoms with E-state index in [2.05, 4.69) is 5.32 Å². The number of nitrogens with one attached hydrogen (secondary N) is 1. The second-order valence-electron chi connectivity index (χ2n) is 8.62. The van der Waals surface area contributed by atoms with Gasteiger partial charge in [0.2, 0.25) is 11.8 Å². The van der Waals surface area contributed by atoms with Crippen molar-refractivity contribution in [3.63, 3.8) is 0 Å². The van der Waals surface area contributed by atoms with Gasteiger partial charge in [-0.3, -0.25) is 24.1 Å². The molecule has 0 spiro atoms. The molecule has 0 aliphatic carbocycles. The van der Waals surface area contributed by atoms with Crippen LogP contribution in [-0.2, 0) is 20.9 Å². The summed E-state index contributed by atoms with van der Waals surface area (Å²) in [5.74, 6) is -1.50. The van der Waals surface area contributed by atoms with Crippen LogP contribution in [0.1, 0.15) is 22.8 Å². The Hall–Kier alpha value is -4.37. The molecule has 0 fully saturated rings. The van der Waals surface area contributed by atoms with E-state index < -0.39 is 36.1 Å². The highest BCUT2D eigenvalue weighted by molar-refractivity contribution is 6.52. The van der Waals surface area contributed by atoms with Crippen molar-refractivity contribution in [1.29, 1.82) is 0 Å². The number of methoxy groups -OCH3 is 2. The summed E-state index contributed by atoms with van der Waals surface area (Å²) in [6.07, 6.45) is 0. The smallest absolute Gasteiger partial charge is 0.299 e. The number of nitrogens with zero attached hydrogens (tertiary/aromatic N) is 2. The molecular formula is C28H26ClN3O6. The molecule has 0 saturated carbocycles. The van der Waals surface area contributed by atoms with Crippen molar-refractivity contribution in [1.82, 2.24) is 4.90 Å². The average Bonchev–Trinajstić information content (AvgIpc) is 3.17. The van der Waals surface area contributed by atoms with E-state index in [0.29, 0.717) is 27.9 Å². The first kappa shape index (κ1) is 26.7. The van der Waals surface area contributed by atoms with Gasteiger partial charge >= 0.3 is 0 Å². The Bertz CT molecular complexity index is 1390. The van der Waals surface area contributed by atoms with Gasteiger partial charge in [0, 0.05) is 17.6 Å². The van der Waals surface area contributed by atoms with Gasteiger partial charge in [-0.15, -0.1) is 0 Å². The van der Waals surface area contributed by atoms with Gasteiger partial charge in [0.1, 0.15) is 24.1 Å². The molecule has 0 radical (unpaired) electrons. The number of hydrogen-bond acceptors (Lipinski definition) is 6. The molecule has 4 rings (SSSR count). The molecule has 1 aliphatic rings. The summed E-state index contributed by atoms with van der Waals surface area (Å²) in [4.78, 5) is 54.5. The minimum atomic E-state index is -0.950. The second-order valence-corrected chi connectivity index (χ2v) is 9.05. The molecule has 9 nitrogen and oxygen atoms in total. The van der Waals surface area contributed by atoms with Crippen LogP contribution in [0.5, 0.6) is 11.5 Å². The number of carbonyl (C=O) groups is 4. The van der Waals surface area contributed by atoms with Crippen molar-refractivity contribution < 1.29 is 28.7 Å². The summed E-state index contributed by atoms with van der Waals surface area (Å²) < 4.78 is 10.6. The van der Waals surface area contributed by atoms with E-state index in [-0.39, 0.29) is 12.1 Å². The molecule has 0 saturated heterocycles. The summed E-state index contributed by atoms with van der Waals surface area (Å²) in [5, 5.41) is 3.33. The van der Waals surface area contributed by atoms with Gasteiger partial charge in [0.15, 0.2) is 0 Å². The Kier molecular flexibility index (Phi) is 7.97. The van der Waals surface area contributed by atoms with Gasteiger partial charge in [0.25, 0.3) is 11.7 Å². The predicted octanol–water partition coefficient (Wildman–Crippen LogP) is 3.94. The quantitative estimate of drug-likeness (QED) is 0.416. The Labute approximate surface area is 224 Å². The number of benzene rings is 3.